The van der Waals surface area contributed by atoms with Gasteiger partial charge in [0.1, 0.15) is 11.4 Å². The summed E-state index contributed by atoms with van der Waals surface area (Å²) in [6.45, 7) is 2.11. The van der Waals surface area contributed by atoms with E-state index in [2.05, 4.69) is 65.0 Å². The number of aromatic nitrogens is 3. The van der Waals surface area contributed by atoms with Gasteiger partial charge in [-0.2, -0.15) is 0 Å². The highest BCUT2D eigenvalue weighted by Crippen LogP contribution is 2.35. The maximum Gasteiger partial charge on any atom is 0.146 e. The van der Waals surface area contributed by atoms with Crippen molar-refractivity contribution in [3.05, 3.63) is 109 Å². The fourth-order valence-corrected chi connectivity index (χ4v) is 4.44. The van der Waals surface area contributed by atoms with Gasteiger partial charge in [0.05, 0.1) is 16.9 Å². The zero-order chi connectivity index (χ0) is 22.4. The molecule has 0 radical (unpaired) electrons. The predicted molar refractivity (Wildman–Crippen MR) is 134 cm³/mol. The zero-order valence-electron chi connectivity index (χ0n) is 18.1. The SMILES string of the molecule is Cc1ccc2c(c1)c1ccc(-c3ccccc3O)nc1n2-c1cccc(-c2ccccn2)c1. The molecular weight excluding hydrogens is 406 g/mol. The van der Waals surface area contributed by atoms with Crippen molar-refractivity contribution in [1.82, 2.24) is 14.5 Å². The number of nitrogens with zero attached hydrogens (tertiary/aromatic N) is 3. The van der Waals surface area contributed by atoms with Crippen molar-refractivity contribution in [2.45, 2.75) is 6.92 Å². The molecule has 33 heavy (non-hydrogen) atoms. The first-order valence-electron chi connectivity index (χ1n) is 10.9. The summed E-state index contributed by atoms with van der Waals surface area (Å²) in [5, 5.41) is 12.6. The van der Waals surface area contributed by atoms with Crippen LogP contribution in [-0.4, -0.2) is 19.6 Å². The lowest BCUT2D eigenvalue weighted by Gasteiger charge is -2.10. The highest BCUT2D eigenvalue weighted by atomic mass is 16.3. The molecule has 0 aliphatic carbocycles. The number of phenols is 1. The van der Waals surface area contributed by atoms with Crippen molar-refractivity contribution in [3.63, 3.8) is 0 Å². The monoisotopic (exact) mass is 427 g/mol. The van der Waals surface area contributed by atoms with Crippen LogP contribution in [0.15, 0.2) is 103 Å². The van der Waals surface area contributed by atoms with Crippen LogP contribution in [0.3, 0.4) is 0 Å². The van der Waals surface area contributed by atoms with Crippen molar-refractivity contribution in [2.75, 3.05) is 0 Å². The minimum atomic E-state index is 0.222. The third kappa shape index (κ3) is 3.24. The first-order valence-corrected chi connectivity index (χ1v) is 10.9. The van der Waals surface area contributed by atoms with Gasteiger partial charge in [-0.15, -0.1) is 0 Å². The third-order valence-corrected chi connectivity index (χ3v) is 6.02. The Bertz CT molecular complexity index is 1630. The average Bonchev–Trinajstić information content (AvgIpc) is 3.18. The Morgan fingerprint density at radius 1 is 0.727 bits per heavy atom. The molecule has 4 heteroatoms. The Balaban J connectivity index is 1.65. The van der Waals surface area contributed by atoms with Gasteiger partial charge < -0.3 is 5.11 Å². The van der Waals surface area contributed by atoms with E-state index in [0.29, 0.717) is 0 Å². The molecule has 3 aromatic heterocycles. The van der Waals surface area contributed by atoms with Crippen LogP contribution >= 0.6 is 0 Å². The third-order valence-electron chi connectivity index (χ3n) is 6.02. The van der Waals surface area contributed by atoms with Gasteiger partial charge in [0.15, 0.2) is 0 Å². The van der Waals surface area contributed by atoms with Crippen molar-refractivity contribution in [2.24, 2.45) is 0 Å². The number of hydrogen-bond donors (Lipinski definition) is 1. The smallest absolute Gasteiger partial charge is 0.146 e. The van der Waals surface area contributed by atoms with E-state index in [4.69, 9.17) is 4.98 Å². The van der Waals surface area contributed by atoms with Crippen LogP contribution < -0.4 is 0 Å². The normalized spacial score (nSPS) is 11.3. The molecule has 0 fully saturated rings. The van der Waals surface area contributed by atoms with Crippen LogP contribution in [0.2, 0.25) is 0 Å². The lowest BCUT2D eigenvalue weighted by Crippen LogP contribution is -1.97. The summed E-state index contributed by atoms with van der Waals surface area (Å²) in [5.41, 5.74) is 7.60. The molecule has 0 spiro atoms. The maximum atomic E-state index is 10.4. The topological polar surface area (TPSA) is 50.9 Å². The molecule has 3 aromatic carbocycles. The Kier molecular flexibility index (Phi) is 4.44. The van der Waals surface area contributed by atoms with Crippen molar-refractivity contribution < 1.29 is 5.11 Å². The second kappa shape index (κ2) is 7.61. The van der Waals surface area contributed by atoms with Crippen LogP contribution in [0.1, 0.15) is 5.56 Å². The largest absolute Gasteiger partial charge is 0.507 e. The number of benzene rings is 3. The Morgan fingerprint density at radius 2 is 1.61 bits per heavy atom. The van der Waals surface area contributed by atoms with Crippen molar-refractivity contribution in [1.29, 1.82) is 0 Å². The summed E-state index contributed by atoms with van der Waals surface area (Å²) in [6, 6.07) is 32.2. The van der Waals surface area contributed by atoms with E-state index >= 15 is 0 Å². The fraction of sp³-hybridized carbons (Fsp3) is 0.0345. The summed E-state index contributed by atoms with van der Waals surface area (Å²) >= 11 is 0. The van der Waals surface area contributed by atoms with Crippen LogP contribution in [0.5, 0.6) is 5.75 Å². The van der Waals surface area contributed by atoms with E-state index in [1.54, 1.807) is 6.07 Å². The summed E-state index contributed by atoms with van der Waals surface area (Å²) in [6.07, 6.45) is 1.81. The highest BCUT2D eigenvalue weighted by molar-refractivity contribution is 6.08. The highest BCUT2D eigenvalue weighted by Gasteiger charge is 2.16. The van der Waals surface area contributed by atoms with E-state index in [1.165, 1.54) is 5.56 Å². The van der Waals surface area contributed by atoms with Crippen LogP contribution in [0.25, 0.3) is 50.1 Å². The summed E-state index contributed by atoms with van der Waals surface area (Å²) in [7, 11) is 0. The van der Waals surface area contributed by atoms with Gasteiger partial charge >= 0.3 is 0 Å². The molecule has 6 rings (SSSR count). The van der Waals surface area contributed by atoms with Crippen molar-refractivity contribution >= 4 is 21.9 Å². The molecule has 6 aromatic rings. The number of aryl methyl sites for hydroxylation is 1. The minimum absolute atomic E-state index is 0.222. The lowest BCUT2D eigenvalue weighted by molar-refractivity contribution is 0.477. The minimum Gasteiger partial charge on any atom is -0.507 e. The second-order valence-electron chi connectivity index (χ2n) is 8.21. The Hall–Kier alpha value is -4.44. The van der Waals surface area contributed by atoms with E-state index in [9.17, 15) is 5.11 Å². The molecule has 0 saturated carbocycles. The van der Waals surface area contributed by atoms with Gasteiger partial charge in [-0.05, 0) is 67.6 Å². The van der Waals surface area contributed by atoms with Crippen LogP contribution in [0, 0.1) is 6.92 Å². The van der Waals surface area contributed by atoms with Gasteiger partial charge in [0, 0.05) is 33.8 Å². The molecule has 4 nitrogen and oxygen atoms in total. The van der Waals surface area contributed by atoms with E-state index in [1.807, 2.05) is 48.7 Å². The zero-order valence-corrected chi connectivity index (χ0v) is 18.1. The van der Waals surface area contributed by atoms with Crippen molar-refractivity contribution in [3.8, 4) is 34.0 Å². The molecule has 3 heterocycles. The molecule has 158 valence electrons. The number of phenolic OH excluding ortho intramolecular Hbond substituents is 1. The molecule has 0 aliphatic heterocycles. The Labute approximate surface area is 191 Å². The summed E-state index contributed by atoms with van der Waals surface area (Å²) in [5.74, 6) is 0.222. The number of para-hydroxylation sites is 1. The number of fused-ring (bicyclic) bond motifs is 3. The number of rotatable bonds is 3. The first kappa shape index (κ1) is 19.3. The molecule has 1 N–H and O–H groups in total. The lowest BCUT2D eigenvalue weighted by atomic mass is 10.1. The molecule has 0 unspecified atom stereocenters. The van der Waals surface area contributed by atoms with Crippen LogP contribution in [0.4, 0.5) is 0 Å². The standard InChI is InChI=1S/C29H21N3O/c1-19-12-15-27-24(17-19)22-13-14-26(23-9-2-3-11-28(23)33)31-29(22)32(27)21-8-6-7-20(18-21)25-10-4-5-16-30-25/h2-18,33H,1H3. The predicted octanol–water partition coefficient (Wildman–Crippen LogP) is 6.92. The molecule has 0 amide bonds. The number of hydrogen-bond acceptors (Lipinski definition) is 3. The summed E-state index contributed by atoms with van der Waals surface area (Å²) < 4.78 is 2.19. The van der Waals surface area contributed by atoms with Gasteiger partial charge in [-0.3, -0.25) is 9.55 Å². The fourth-order valence-electron chi connectivity index (χ4n) is 4.44. The first-order chi connectivity index (χ1) is 16.2. The van der Waals surface area contributed by atoms with Gasteiger partial charge in [-0.1, -0.05) is 42.0 Å². The van der Waals surface area contributed by atoms with Crippen LogP contribution in [-0.2, 0) is 0 Å². The second-order valence-corrected chi connectivity index (χ2v) is 8.21. The average molecular weight is 428 g/mol. The number of aromatic hydroxyl groups is 1. The molecule has 0 atom stereocenters. The quantitative estimate of drug-likeness (QED) is 0.333. The number of pyridine rings is 2. The molecule has 0 aliphatic rings. The van der Waals surface area contributed by atoms with Gasteiger partial charge in [0.25, 0.3) is 0 Å². The van der Waals surface area contributed by atoms with E-state index in [-0.39, 0.29) is 5.75 Å². The van der Waals surface area contributed by atoms with Gasteiger partial charge in [-0.25, -0.2) is 4.98 Å². The maximum absolute atomic E-state index is 10.4. The van der Waals surface area contributed by atoms with E-state index < -0.39 is 0 Å². The molecule has 0 bridgehead atoms. The Morgan fingerprint density at radius 3 is 2.45 bits per heavy atom. The molecule has 0 saturated heterocycles. The molecular formula is C29H21N3O. The van der Waals surface area contributed by atoms with E-state index in [0.717, 1.165) is 50.1 Å². The van der Waals surface area contributed by atoms with Gasteiger partial charge in [0.2, 0.25) is 0 Å². The summed E-state index contributed by atoms with van der Waals surface area (Å²) in [4.78, 5) is 9.56.